The molecule has 4 heteroatoms. The van der Waals surface area contributed by atoms with Gasteiger partial charge >= 0.3 is 0 Å². The lowest BCUT2D eigenvalue weighted by Gasteiger charge is -2.15. The fraction of sp³-hybridized carbons (Fsp3) is 0.467. The summed E-state index contributed by atoms with van der Waals surface area (Å²) in [7, 11) is 0. The molecule has 1 fully saturated rings. The van der Waals surface area contributed by atoms with E-state index in [0.717, 1.165) is 12.5 Å². The Morgan fingerprint density at radius 1 is 1.32 bits per heavy atom. The molecule has 1 unspecified atom stereocenters. The second kappa shape index (κ2) is 5.43. The zero-order valence-electron chi connectivity index (χ0n) is 11.3. The number of hydrogen-bond acceptors (Lipinski definition) is 3. The molecule has 1 aliphatic carbocycles. The van der Waals surface area contributed by atoms with Gasteiger partial charge in [0.2, 0.25) is 0 Å². The average Bonchev–Trinajstić information content (AvgIpc) is 3.05. The Kier molecular flexibility index (Phi) is 3.49. The van der Waals surface area contributed by atoms with Crippen LogP contribution in [0.2, 0.25) is 0 Å². The van der Waals surface area contributed by atoms with Gasteiger partial charge < -0.3 is 5.32 Å². The number of hydrogen-bond donors (Lipinski definition) is 1. The quantitative estimate of drug-likeness (QED) is 0.864. The van der Waals surface area contributed by atoms with Crippen LogP contribution in [0.3, 0.4) is 0 Å². The average molecular weight is 256 g/mol. The highest BCUT2D eigenvalue weighted by molar-refractivity contribution is 5.45. The van der Waals surface area contributed by atoms with Crippen molar-refractivity contribution in [2.75, 3.05) is 5.32 Å². The van der Waals surface area contributed by atoms with Gasteiger partial charge in [0.1, 0.15) is 12.7 Å². The predicted octanol–water partition coefficient (Wildman–Crippen LogP) is 2.93. The number of benzene rings is 1. The molecule has 1 aromatic carbocycles. The Bertz CT molecular complexity index is 499. The summed E-state index contributed by atoms with van der Waals surface area (Å²) >= 11 is 0. The number of nitrogens with zero attached hydrogens (tertiary/aromatic N) is 3. The highest BCUT2D eigenvalue weighted by Crippen LogP contribution is 2.34. The van der Waals surface area contributed by atoms with Crippen LogP contribution in [0.25, 0.3) is 0 Å². The van der Waals surface area contributed by atoms with Crippen LogP contribution >= 0.6 is 0 Å². The zero-order valence-corrected chi connectivity index (χ0v) is 11.3. The molecule has 0 saturated heterocycles. The zero-order chi connectivity index (χ0) is 13.1. The maximum absolute atomic E-state index is 4.11. The molecule has 3 rings (SSSR count). The Hall–Kier alpha value is -1.84. The van der Waals surface area contributed by atoms with Crippen molar-refractivity contribution < 1.29 is 0 Å². The van der Waals surface area contributed by atoms with E-state index in [9.17, 15) is 0 Å². The monoisotopic (exact) mass is 256 g/mol. The third kappa shape index (κ3) is 3.56. The van der Waals surface area contributed by atoms with Crippen molar-refractivity contribution >= 4 is 5.69 Å². The van der Waals surface area contributed by atoms with E-state index in [2.05, 4.69) is 46.6 Å². The van der Waals surface area contributed by atoms with Crippen molar-refractivity contribution in [3.63, 3.8) is 0 Å². The molecule has 1 aromatic heterocycles. The highest BCUT2D eigenvalue weighted by atomic mass is 15.3. The molecular weight excluding hydrogens is 236 g/mol. The first-order valence-electron chi connectivity index (χ1n) is 6.97. The number of aromatic nitrogens is 3. The highest BCUT2D eigenvalue weighted by Gasteiger charge is 2.23. The van der Waals surface area contributed by atoms with E-state index in [-0.39, 0.29) is 0 Å². The molecule has 0 spiro atoms. The van der Waals surface area contributed by atoms with Gasteiger partial charge in [0.05, 0.1) is 6.54 Å². The van der Waals surface area contributed by atoms with Gasteiger partial charge in [0.25, 0.3) is 0 Å². The Balaban J connectivity index is 1.55. The van der Waals surface area contributed by atoms with Crippen LogP contribution in [0.4, 0.5) is 5.69 Å². The topological polar surface area (TPSA) is 42.7 Å². The molecule has 1 saturated carbocycles. The van der Waals surface area contributed by atoms with Gasteiger partial charge in [0, 0.05) is 11.7 Å². The van der Waals surface area contributed by atoms with E-state index in [1.54, 1.807) is 12.7 Å². The van der Waals surface area contributed by atoms with Crippen molar-refractivity contribution in [2.24, 2.45) is 5.92 Å². The fourth-order valence-electron chi connectivity index (χ4n) is 2.40. The number of anilines is 1. The van der Waals surface area contributed by atoms with E-state index < -0.39 is 0 Å². The van der Waals surface area contributed by atoms with Crippen LogP contribution in [-0.4, -0.2) is 20.8 Å². The first kappa shape index (κ1) is 12.2. The molecule has 4 nitrogen and oxygen atoms in total. The molecule has 1 heterocycles. The van der Waals surface area contributed by atoms with Gasteiger partial charge in [0.15, 0.2) is 0 Å². The Morgan fingerprint density at radius 3 is 2.74 bits per heavy atom. The summed E-state index contributed by atoms with van der Waals surface area (Å²) in [6.45, 7) is 3.04. The summed E-state index contributed by atoms with van der Waals surface area (Å²) in [4.78, 5) is 3.95. The largest absolute Gasteiger partial charge is 0.383 e. The Labute approximate surface area is 113 Å². The summed E-state index contributed by atoms with van der Waals surface area (Å²) in [6.07, 6.45) is 7.44. The van der Waals surface area contributed by atoms with E-state index >= 15 is 0 Å². The van der Waals surface area contributed by atoms with Crippen LogP contribution in [0, 0.1) is 5.92 Å². The van der Waals surface area contributed by atoms with E-state index in [1.807, 2.05) is 4.68 Å². The maximum Gasteiger partial charge on any atom is 0.137 e. The van der Waals surface area contributed by atoms with E-state index in [4.69, 9.17) is 0 Å². The van der Waals surface area contributed by atoms with Gasteiger partial charge in [-0.05, 0) is 37.0 Å². The summed E-state index contributed by atoms with van der Waals surface area (Å²) in [5, 5.41) is 7.68. The maximum atomic E-state index is 4.11. The lowest BCUT2D eigenvalue weighted by molar-refractivity contribution is 0.642. The van der Waals surface area contributed by atoms with Crippen LogP contribution in [0.1, 0.15) is 31.7 Å². The van der Waals surface area contributed by atoms with Crippen molar-refractivity contribution in [2.45, 2.75) is 38.8 Å². The second-order valence-electron chi connectivity index (χ2n) is 5.51. The van der Waals surface area contributed by atoms with Crippen molar-refractivity contribution in [3.8, 4) is 0 Å². The van der Waals surface area contributed by atoms with E-state index in [1.165, 1.54) is 30.5 Å². The molecule has 0 amide bonds. The molecule has 1 aliphatic rings. The minimum Gasteiger partial charge on any atom is -0.383 e. The van der Waals surface area contributed by atoms with Gasteiger partial charge in [-0.3, -0.25) is 0 Å². The smallest absolute Gasteiger partial charge is 0.137 e. The van der Waals surface area contributed by atoms with Gasteiger partial charge in [-0.15, -0.1) is 0 Å². The molecule has 0 aliphatic heterocycles. The fourth-order valence-corrected chi connectivity index (χ4v) is 2.40. The first-order valence-corrected chi connectivity index (χ1v) is 6.97. The van der Waals surface area contributed by atoms with Crippen LogP contribution in [-0.2, 0) is 6.54 Å². The molecule has 0 bridgehead atoms. The third-order valence-electron chi connectivity index (χ3n) is 3.56. The minimum absolute atomic E-state index is 0.564. The lowest BCUT2D eigenvalue weighted by Crippen LogP contribution is -2.15. The molecule has 1 atom stereocenters. The molecule has 1 N–H and O–H groups in total. The first-order chi connectivity index (χ1) is 9.29. The van der Waals surface area contributed by atoms with Crippen molar-refractivity contribution in [3.05, 3.63) is 42.5 Å². The normalized spacial score (nSPS) is 16.3. The molecule has 0 radical (unpaired) electrons. The summed E-state index contributed by atoms with van der Waals surface area (Å²) in [5.41, 5.74) is 2.45. The van der Waals surface area contributed by atoms with E-state index in [0.29, 0.717) is 6.04 Å². The molecular formula is C15H20N4. The lowest BCUT2D eigenvalue weighted by atomic mass is 10.1. The summed E-state index contributed by atoms with van der Waals surface area (Å²) in [5.74, 6) is 0.967. The number of rotatable bonds is 6. The van der Waals surface area contributed by atoms with Crippen molar-refractivity contribution in [1.82, 2.24) is 14.8 Å². The van der Waals surface area contributed by atoms with Crippen LogP contribution in [0.5, 0.6) is 0 Å². The molecule has 19 heavy (non-hydrogen) atoms. The Morgan fingerprint density at radius 2 is 2.11 bits per heavy atom. The van der Waals surface area contributed by atoms with Gasteiger partial charge in [-0.2, -0.15) is 5.10 Å². The van der Waals surface area contributed by atoms with Crippen LogP contribution < -0.4 is 5.32 Å². The SMILES string of the molecule is CC(CC1CC1)Nc1ccc(Cn2cncn2)cc1. The van der Waals surface area contributed by atoms with Crippen molar-refractivity contribution in [1.29, 1.82) is 0 Å². The predicted molar refractivity (Wildman–Crippen MR) is 76.0 cm³/mol. The molecule has 2 aromatic rings. The summed E-state index contributed by atoms with van der Waals surface area (Å²) in [6, 6.07) is 9.15. The minimum atomic E-state index is 0.564. The summed E-state index contributed by atoms with van der Waals surface area (Å²) < 4.78 is 1.83. The number of nitrogens with one attached hydrogen (secondary N) is 1. The second-order valence-corrected chi connectivity index (χ2v) is 5.51. The third-order valence-corrected chi connectivity index (χ3v) is 3.56. The van der Waals surface area contributed by atoms with Gasteiger partial charge in [-0.1, -0.05) is 25.0 Å². The molecule has 100 valence electrons. The standard InChI is InChI=1S/C15H20N4/c1-12(8-13-2-3-13)18-15-6-4-14(5-7-15)9-19-11-16-10-17-19/h4-7,10-13,18H,2-3,8-9H2,1H3. The van der Waals surface area contributed by atoms with Gasteiger partial charge in [-0.25, -0.2) is 9.67 Å². The van der Waals surface area contributed by atoms with Crippen LogP contribution in [0.15, 0.2) is 36.9 Å².